The lowest BCUT2D eigenvalue weighted by Gasteiger charge is -2.26. The third-order valence-electron chi connectivity index (χ3n) is 2.95. The van der Waals surface area contributed by atoms with Crippen LogP contribution in [0.5, 0.6) is 0 Å². The molecule has 108 valence electrons. The van der Waals surface area contributed by atoms with Gasteiger partial charge in [0.15, 0.2) is 0 Å². The van der Waals surface area contributed by atoms with Gasteiger partial charge < -0.3 is 19.7 Å². The van der Waals surface area contributed by atoms with Crippen LogP contribution >= 0.6 is 0 Å². The predicted octanol–water partition coefficient (Wildman–Crippen LogP) is 0.884. The first-order valence-corrected chi connectivity index (χ1v) is 6.65. The molecule has 0 radical (unpaired) electrons. The summed E-state index contributed by atoms with van der Waals surface area (Å²) in [6.45, 7) is 8.65. The van der Waals surface area contributed by atoms with Crippen molar-refractivity contribution in [3.63, 3.8) is 0 Å². The summed E-state index contributed by atoms with van der Waals surface area (Å²) in [4.78, 5) is 13.9. The number of hydrogen-bond donors (Lipinski definition) is 1. The van der Waals surface area contributed by atoms with Crippen LogP contribution in [0.1, 0.15) is 27.2 Å². The van der Waals surface area contributed by atoms with E-state index in [1.165, 1.54) is 0 Å². The van der Waals surface area contributed by atoms with Gasteiger partial charge in [0, 0.05) is 19.7 Å². The van der Waals surface area contributed by atoms with Crippen molar-refractivity contribution in [2.24, 2.45) is 0 Å². The van der Waals surface area contributed by atoms with Gasteiger partial charge in [-0.25, -0.2) is 0 Å². The molecule has 0 amide bonds. The first-order valence-electron chi connectivity index (χ1n) is 6.65. The van der Waals surface area contributed by atoms with Crippen LogP contribution in [0, 0.1) is 0 Å². The SMILES string of the molecule is CCNC(CCN(C)C(C)COC)C(=O)OCC. The highest BCUT2D eigenvalue weighted by Crippen LogP contribution is 2.02. The highest BCUT2D eigenvalue weighted by Gasteiger charge is 2.19. The molecule has 5 heteroatoms. The van der Waals surface area contributed by atoms with Crippen molar-refractivity contribution >= 4 is 5.97 Å². The van der Waals surface area contributed by atoms with Crippen LogP contribution in [0.25, 0.3) is 0 Å². The monoisotopic (exact) mass is 260 g/mol. The quantitative estimate of drug-likeness (QED) is 0.591. The summed E-state index contributed by atoms with van der Waals surface area (Å²) in [6.07, 6.45) is 0.747. The van der Waals surface area contributed by atoms with E-state index in [1.807, 2.05) is 20.9 Å². The van der Waals surface area contributed by atoms with Crippen molar-refractivity contribution in [3.05, 3.63) is 0 Å². The van der Waals surface area contributed by atoms with E-state index in [4.69, 9.17) is 9.47 Å². The Bertz CT molecular complexity index is 224. The Labute approximate surface area is 111 Å². The zero-order valence-electron chi connectivity index (χ0n) is 12.4. The van der Waals surface area contributed by atoms with Gasteiger partial charge in [-0.15, -0.1) is 0 Å². The normalized spacial score (nSPS) is 14.6. The maximum absolute atomic E-state index is 11.7. The molecule has 0 fully saturated rings. The zero-order chi connectivity index (χ0) is 14.0. The van der Waals surface area contributed by atoms with Crippen molar-refractivity contribution in [1.29, 1.82) is 0 Å². The van der Waals surface area contributed by atoms with Crippen LogP contribution in [0.2, 0.25) is 0 Å². The number of methoxy groups -OCH3 is 1. The highest BCUT2D eigenvalue weighted by molar-refractivity contribution is 5.75. The predicted molar refractivity (Wildman–Crippen MR) is 72.7 cm³/mol. The van der Waals surface area contributed by atoms with Crippen LogP contribution in [0.3, 0.4) is 0 Å². The zero-order valence-corrected chi connectivity index (χ0v) is 12.4. The van der Waals surface area contributed by atoms with Gasteiger partial charge in [-0.3, -0.25) is 4.79 Å². The number of carbonyl (C=O) groups is 1. The average Bonchev–Trinajstić information content (AvgIpc) is 2.34. The van der Waals surface area contributed by atoms with Gasteiger partial charge in [-0.05, 0) is 33.9 Å². The van der Waals surface area contributed by atoms with Crippen LogP contribution in [-0.4, -0.2) is 63.4 Å². The summed E-state index contributed by atoms with van der Waals surface area (Å²) in [5.74, 6) is -0.160. The third-order valence-corrected chi connectivity index (χ3v) is 2.95. The molecule has 0 saturated carbocycles. The molecule has 0 bridgehead atoms. The van der Waals surface area contributed by atoms with Gasteiger partial charge in [0.25, 0.3) is 0 Å². The first kappa shape index (κ1) is 17.4. The molecule has 0 saturated heterocycles. The Balaban J connectivity index is 4.13. The Morgan fingerprint density at radius 2 is 2.06 bits per heavy atom. The second kappa shape index (κ2) is 10.3. The van der Waals surface area contributed by atoms with Gasteiger partial charge in [-0.2, -0.15) is 0 Å². The van der Waals surface area contributed by atoms with E-state index < -0.39 is 0 Å². The molecule has 0 aliphatic heterocycles. The van der Waals surface area contributed by atoms with E-state index in [1.54, 1.807) is 7.11 Å². The Morgan fingerprint density at radius 3 is 2.56 bits per heavy atom. The fourth-order valence-electron chi connectivity index (χ4n) is 1.71. The van der Waals surface area contributed by atoms with E-state index in [0.717, 1.165) is 19.5 Å². The molecule has 2 unspecified atom stereocenters. The number of rotatable bonds is 10. The standard InChI is InChI=1S/C13H28N2O3/c1-6-14-12(13(16)18-7-2)8-9-15(4)11(3)10-17-5/h11-12,14H,6-10H2,1-5H3. The molecule has 1 N–H and O–H groups in total. The summed E-state index contributed by atoms with van der Waals surface area (Å²) in [7, 11) is 3.74. The molecule has 0 aliphatic rings. The number of esters is 1. The second-order valence-corrected chi connectivity index (χ2v) is 4.44. The van der Waals surface area contributed by atoms with Crippen LogP contribution in [0.15, 0.2) is 0 Å². The third kappa shape index (κ3) is 6.93. The number of nitrogens with zero attached hydrogens (tertiary/aromatic N) is 1. The Morgan fingerprint density at radius 1 is 1.39 bits per heavy atom. The van der Waals surface area contributed by atoms with Crippen molar-refractivity contribution in [2.45, 2.75) is 39.3 Å². The van der Waals surface area contributed by atoms with Crippen molar-refractivity contribution < 1.29 is 14.3 Å². The molecular weight excluding hydrogens is 232 g/mol. The minimum absolute atomic E-state index is 0.160. The van der Waals surface area contributed by atoms with Crippen LogP contribution in [-0.2, 0) is 14.3 Å². The molecule has 0 rings (SSSR count). The van der Waals surface area contributed by atoms with Crippen molar-refractivity contribution in [2.75, 3.05) is 40.5 Å². The summed E-state index contributed by atoms with van der Waals surface area (Å²) in [5, 5.41) is 3.16. The van der Waals surface area contributed by atoms with Crippen LogP contribution in [0.4, 0.5) is 0 Å². The Hall–Kier alpha value is -0.650. The number of nitrogens with one attached hydrogen (secondary N) is 1. The molecule has 0 aromatic heterocycles. The lowest BCUT2D eigenvalue weighted by atomic mass is 10.2. The van der Waals surface area contributed by atoms with E-state index in [-0.39, 0.29) is 12.0 Å². The molecule has 0 aliphatic carbocycles. The number of hydrogen-bond acceptors (Lipinski definition) is 5. The average molecular weight is 260 g/mol. The number of ether oxygens (including phenoxy) is 2. The van der Waals surface area contributed by atoms with Gasteiger partial charge in [0.05, 0.1) is 13.2 Å². The van der Waals surface area contributed by atoms with E-state index in [0.29, 0.717) is 19.3 Å². The smallest absolute Gasteiger partial charge is 0.323 e. The maximum Gasteiger partial charge on any atom is 0.323 e. The molecule has 5 nitrogen and oxygen atoms in total. The minimum atomic E-state index is -0.216. The second-order valence-electron chi connectivity index (χ2n) is 4.44. The first-order chi connectivity index (χ1) is 8.56. The maximum atomic E-state index is 11.7. The number of likely N-dealkylation sites (N-methyl/N-ethyl adjacent to an activating group) is 2. The fourth-order valence-corrected chi connectivity index (χ4v) is 1.71. The Kier molecular flexibility index (Phi) is 9.92. The molecule has 0 aromatic rings. The van der Waals surface area contributed by atoms with E-state index in [2.05, 4.69) is 17.1 Å². The lowest BCUT2D eigenvalue weighted by Crippen LogP contribution is -2.42. The minimum Gasteiger partial charge on any atom is -0.465 e. The summed E-state index contributed by atoms with van der Waals surface area (Å²) in [6, 6.07) is 0.131. The largest absolute Gasteiger partial charge is 0.465 e. The van der Waals surface area contributed by atoms with Gasteiger partial charge >= 0.3 is 5.97 Å². The van der Waals surface area contributed by atoms with Gasteiger partial charge in [-0.1, -0.05) is 6.92 Å². The molecule has 0 heterocycles. The van der Waals surface area contributed by atoms with E-state index >= 15 is 0 Å². The molecule has 0 aromatic carbocycles. The van der Waals surface area contributed by atoms with Crippen molar-refractivity contribution in [3.8, 4) is 0 Å². The molecule has 2 atom stereocenters. The molecule has 18 heavy (non-hydrogen) atoms. The molecule has 0 spiro atoms. The summed E-state index contributed by atoms with van der Waals surface area (Å²) >= 11 is 0. The summed E-state index contributed by atoms with van der Waals surface area (Å²) in [5.41, 5.74) is 0. The van der Waals surface area contributed by atoms with Crippen molar-refractivity contribution in [1.82, 2.24) is 10.2 Å². The lowest BCUT2D eigenvalue weighted by molar-refractivity contribution is -0.145. The van der Waals surface area contributed by atoms with Gasteiger partial charge in [0.2, 0.25) is 0 Å². The van der Waals surface area contributed by atoms with Gasteiger partial charge in [0.1, 0.15) is 6.04 Å². The topological polar surface area (TPSA) is 50.8 Å². The highest BCUT2D eigenvalue weighted by atomic mass is 16.5. The fraction of sp³-hybridized carbons (Fsp3) is 0.923. The summed E-state index contributed by atoms with van der Waals surface area (Å²) < 4.78 is 10.2. The van der Waals surface area contributed by atoms with E-state index in [9.17, 15) is 4.79 Å². The molecular formula is C13H28N2O3. The van der Waals surface area contributed by atoms with Crippen LogP contribution < -0.4 is 5.32 Å². The number of carbonyl (C=O) groups excluding carboxylic acids is 1.